The molecular formula is C11H21NO. The lowest BCUT2D eigenvalue weighted by Crippen LogP contribution is -2.38. The lowest BCUT2D eigenvalue weighted by molar-refractivity contribution is 0.0930. The van der Waals surface area contributed by atoms with Crippen molar-refractivity contribution in [1.82, 2.24) is 4.90 Å². The third-order valence-electron chi connectivity index (χ3n) is 3.66. The molecule has 76 valence electrons. The van der Waals surface area contributed by atoms with E-state index in [9.17, 15) is 5.11 Å². The standard InChI is InChI=1S/C11H21NO/c1-8(2)12-7-9-3-4-11(13)6-10(12)5-9/h8-11,13H,3-7H2,1-2H3. The van der Waals surface area contributed by atoms with Gasteiger partial charge in [0.05, 0.1) is 6.10 Å². The largest absolute Gasteiger partial charge is 0.393 e. The highest BCUT2D eigenvalue weighted by Crippen LogP contribution is 2.35. The van der Waals surface area contributed by atoms with Crippen LogP contribution in [0.1, 0.15) is 39.5 Å². The van der Waals surface area contributed by atoms with E-state index in [1.165, 1.54) is 19.4 Å². The van der Waals surface area contributed by atoms with Crippen LogP contribution >= 0.6 is 0 Å². The highest BCUT2D eigenvalue weighted by Gasteiger charge is 2.36. The van der Waals surface area contributed by atoms with Crippen molar-refractivity contribution < 1.29 is 5.11 Å². The maximum atomic E-state index is 9.68. The first kappa shape index (κ1) is 9.47. The molecule has 13 heavy (non-hydrogen) atoms. The van der Waals surface area contributed by atoms with Crippen LogP contribution in [-0.2, 0) is 0 Å². The van der Waals surface area contributed by atoms with Gasteiger partial charge in [-0.1, -0.05) is 0 Å². The molecule has 3 atom stereocenters. The van der Waals surface area contributed by atoms with Gasteiger partial charge < -0.3 is 5.11 Å². The van der Waals surface area contributed by atoms with E-state index in [4.69, 9.17) is 0 Å². The van der Waals surface area contributed by atoms with Crippen LogP contribution in [0.25, 0.3) is 0 Å². The molecule has 0 radical (unpaired) electrons. The van der Waals surface area contributed by atoms with Crippen LogP contribution in [0, 0.1) is 5.92 Å². The van der Waals surface area contributed by atoms with Gasteiger partial charge in [0.2, 0.25) is 0 Å². The van der Waals surface area contributed by atoms with Crippen molar-refractivity contribution >= 4 is 0 Å². The molecule has 2 rings (SSSR count). The second kappa shape index (κ2) is 3.58. The SMILES string of the molecule is CC(C)N1CC2CCC(O)CC1C2. The summed E-state index contributed by atoms with van der Waals surface area (Å²) < 4.78 is 0. The number of aliphatic hydroxyl groups is 1. The molecule has 1 aliphatic carbocycles. The quantitative estimate of drug-likeness (QED) is 0.668. The molecule has 2 aliphatic rings. The van der Waals surface area contributed by atoms with Gasteiger partial charge in [0.15, 0.2) is 0 Å². The second-order valence-corrected chi connectivity index (χ2v) is 5.01. The fourth-order valence-electron chi connectivity index (χ4n) is 2.98. The summed E-state index contributed by atoms with van der Waals surface area (Å²) in [4.78, 5) is 2.58. The van der Waals surface area contributed by atoms with Crippen LogP contribution in [-0.4, -0.2) is 34.7 Å². The lowest BCUT2D eigenvalue weighted by atomic mass is 10.0. The molecule has 1 aliphatic heterocycles. The normalized spacial score (nSPS) is 41.1. The van der Waals surface area contributed by atoms with E-state index in [-0.39, 0.29) is 6.10 Å². The zero-order valence-electron chi connectivity index (χ0n) is 8.74. The highest BCUT2D eigenvalue weighted by atomic mass is 16.3. The predicted octanol–water partition coefficient (Wildman–Crippen LogP) is 1.63. The van der Waals surface area contributed by atoms with Crippen molar-refractivity contribution in [3.63, 3.8) is 0 Å². The molecule has 0 amide bonds. The molecule has 2 heteroatoms. The molecule has 1 saturated heterocycles. The van der Waals surface area contributed by atoms with E-state index < -0.39 is 0 Å². The molecule has 0 aromatic rings. The van der Waals surface area contributed by atoms with Gasteiger partial charge in [-0.3, -0.25) is 4.90 Å². The zero-order chi connectivity index (χ0) is 9.42. The van der Waals surface area contributed by atoms with Gasteiger partial charge in [0.25, 0.3) is 0 Å². The number of fused-ring (bicyclic) bond motifs is 2. The van der Waals surface area contributed by atoms with Gasteiger partial charge in [-0.15, -0.1) is 0 Å². The third-order valence-corrected chi connectivity index (χ3v) is 3.66. The Bertz CT molecular complexity index is 181. The lowest BCUT2D eigenvalue weighted by Gasteiger charge is -2.30. The molecule has 2 nitrogen and oxygen atoms in total. The first-order chi connectivity index (χ1) is 6.16. The van der Waals surface area contributed by atoms with Crippen LogP contribution in [0.15, 0.2) is 0 Å². The van der Waals surface area contributed by atoms with Crippen molar-refractivity contribution in [2.45, 2.75) is 57.7 Å². The number of likely N-dealkylation sites (tertiary alicyclic amines) is 1. The Kier molecular flexibility index (Phi) is 2.61. The van der Waals surface area contributed by atoms with Crippen molar-refractivity contribution in [1.29, 1.82) is 0 Å². The average molecular weight is 183 g/mol. The Morgan fingerprint density at radius 3 is 2.69 bits per heavy atom. The molecule has 1 heterocycles. The highest BCUT2D eigenvalue weighted by molar-refractivity contribution is 4.91. The van der Waals surface area contributed by atoms with Crippen LogP contribution in [0.3, 0.4) is 0 Å². The summed E-state index contributed by atoms with van der Waals surface area (Å²) in [7, 11) is 0. The number of hydrogen-bond acceptors (Lipinski definition) is 2. The van der Waals surface area contributed by atoms with Crippen LogP contribution in [0.4, 0.5) is 0 Å². The Hall–Kier alpha value is -0.0800. The van der Waals surface area contributed by atoms with E-state index in [1.807, 2.05) is 0 Å². The summed E-state index contributed by atoms with van der Waals surface area (Å²) in [6.45, 7) is 5.81. The fourth-order valence-corrected chi connectivity index (χ4v) is 2.98. The van der Waals surface area contributed by atoms with E-state index in [2.05, 4.69) is 18.7 Å². The molecule has 1 saturated carbocycles. The van der Waals surface area contributed by atoms with Gasteiger partial charge in [-0.25, -0.2) is 0 Å². The summed E-state index contributed by atoms with van der Waals surface area (Å²) in [5.41, 5.74) is 0. The molecule has 0 aromatic heterocycles. The van der Waals surface area contributed by atoms with Crippen LogP contribution in [0.5, 0.6) is 0 Å². The van der Waals surface area contributed by atoms with Gasteiger partial charge in [0, 0.05) is 18.6 Å². The zero-order valence-corrected chi connectivity index (χ0v) is 8.74. The average Bonchev–Trinajstić information content (AvgIpc) is 2.34. The Morgan fingerprint density at radius 2 is 2.00 bits per heavy atom. The number of rotatable bonds is 1. The fraction of sp³-hybridized carbons (Fsp3) is 1.00. The first-order valence-corrected chi connectivity index (χ1v) is 5.60. The third kappa shape index (κ3) is 1.89. The van der Waals surface area contributed by atoms with Crippen molar-refractivity contribution in [3.05, 3.63) is 0 Å². The minimum atomic E-state index is -0.0310. The second-order valence-electron chi connectivity index (χ2n) is 5.01. The summed E-state index contributed by atoms with van der Waals surface area (Å²) in [5.74, 6) is 0.865. The van der Waals surface area contributed by atoms with Crippen molar-refractivity contribution in [2.75, 3.05) is 6.54 Å². The van der Waals surface area contributed by atoms with Gasteiger partial charge in [-0.2, -0.15) is 0 Å². The van der Waals surface area contributed by atoms with Gasteiger partial charge >= 0.3 is 0 Å². The van der Waals surface area contributed by atoms with Gasteiger partial charge in [0.1, 0.15) is 0 Å². The summed E-state index contributed by atoms with van der Waals surface area (Å²) in [6, 6.07) is 1.32. The van der Waals surface area contributed by atoms with Crippen LogP contribution < -0.4 is 0 Å². The van der Waals surface area contributed by atoms with E-state index in [0.717, 1.165) is 18.8 Å². The van der Waals surface area contributed by atoms with Gasteiger partial charge in [-0.05, 0) is 45.4 Å². The Balaban J connectivity index is 2.04. The minimum absolute atomic E-state index is 0.0310. The summed E-state index contributed by atoms with van der Waals surface area (Å²) in [5, 5.41) is 9.68. The van der Waals surface area contributed by atoms with E-state index in [0.29, 0.717) is 12.1 Å². The molecule has 2 fully saturated rings. The molecule has 0 aromatic carbocycles. The molecule has 0 spiro atoms. The molecule has 1 N–H and O–H groups in total. The smallest absolute Gasteiger partial charge is 0.0555 e. The minimum Gasteiger partial charge on any atom is -0.393 e. The summed E-state index contributed by atoms with van der Waals surface area (Å²) in [6.07, 6.45) is 4.58. The maximum absolute atomic E-state index is 9.68. The topological polar surface area (TPSA) is 23.5 Å². The van der Waals surface area contributed by atoms with E-state index in [1.54, 1.807) is 0 Å². The molecular weight excluding hydrogens is 162 g/mol. The number of aliphatic hydroxyl groups excluding tert-OH is 1. The van der Waals surface area contributed by atoms with Crippen molar-refractivity contribution in [2.24, 2.45) is 5.92 Å². The first-order valence-electron chi connectivity index (χ1n) is 5.60. The summed E-state index contributed by atoms with van der Waals surface area (Å²) >= 11 is 0. The Labute approximate surface area is 80.9 Å². The van der Waals surface area contributed by atoms with Crippen LogP contribution in [0.2, 0.25) is 0 Å². The predicted molar refractivity (Wildman–Crippen MR) is 53.6 cm³/mol. The maximum Gasteiger partial charge on any atom is 0.0555 e. The monoisotopic (exact) mass is 183 g/mol. The number of nitrogens with zero attached hydrogens (tertiary/aromatic N) is 1. The number of hydrogen-bond donors (Lipinski definition) is 1. The Morgan fingerprint density at radius 1 is 1.23 bits per heavy atom. The van der Waals surface area contributed by atoms with E-state index >= 15 is 0 Å². The molecule has 3 unspecified atom stereocenters. The van der Waals surface area contributed by atoms with Crippen molar-refractivity contribution in [3.8, 4) is 0 Å². The molecule has 2 bridgehead atoms.